The molecule has 0 bridgehead atoms. The highest BCUT2D eigenvalue weighted by molar-refractivity contribution is 6.00. The molecule has 2 amide bonds. The smallest absolute Gasteiger partial charge is 0.315 e. The molecule has 1 atom stereocenters. The summed E-state index contributed by atoms with van der Waals surface area (Å²) in [7, 11) is 0. The van der Waals surface area contributed by atoms with E-state index in [-0.39, 0.29) is 29.8 Å². The molecule has 1 fully saturated rings. The van der Waals surface area contributed by atoms with Crippen molar-refractivity contribution in [3.8, 4) is 11.1 Å². The van der Waals surface area contributed by atoms with Crippen LogP contribution in [-0.2, 0) is 16.8 Å². The van der Waals surface area contributed by atoms with Gasteiger partial charge in [0.2, 0.25) is 5.91 Å². The first-order chi connectivity index (χ1) is 18.6. The van der Waals surface area contributed by atoms with Gasteiger partial charge in [-0.3, -0.25) is 14.7 Å². The molecule has 3 aromatic heterocycles. The molecule has 1 aliphatic heterocycles. The van der Waals surface area contributed by atoms with E-state index in [2.05, 4.69) is 42.5 Å². The van der Waals surface area contributed by atoms with E-state index in [9.17, 15) is 9.59 Å². The fraction of sp³-hybridized carbons (Fsp3) is 0.333. The zero-order valence-corrected chi connectivity index (χ0v) is 21.9. The Balaban J connectivity index is 1.32. The Bertz CT molecular complexity index is 1550. The standard InChI is InChI=1S/C27H29FN8O3/c1-5-20(37)36-11-9-17(14-36)31-23-21-18(8-10-29-22(21)33-34-23)15-6-7-16(19(28)12-15)13-30-24(38)25-32-26(35-39-25)27(2,3)4/h5-8,10,12,17H,1,9,11,13-14H2,2-4H3,(H,30,38)(H2,29,31,33,34)/t17-/m1/s1. The molecule has 4 aromatic rings. The summed E-state index contributed by atoms with van der Waals surface area (Å²) in [5, 5.41) is 17.9. The number of fused-ring (bicyclic) bond motifs is 1. The van der Waals surface area contributed by atoms with E-state index in [1.54, 1.807) is 29.3 Å². The van der Waals surface area contributed by atoms with Crippen LogP contribution in [0.25, 0.3) is 22.2 Å². The molecule has 0 unspecified atom stereocenters. The number of benzene rings is 1. The van der Waals surface area contributed by atoms with Crippen molar-refractivity contribution < 1.29 is 18.5 Å². The maximum absolute atomic E-state index is 15.2. The Morgan fingerprint density at radius 2 is 2.13 bits per heavy atom. The average Bonchev–Trinajstić information content (AvgIpc) is 3.67. The summed E-state index contributed by atoms with van der Waals surface area (Å²) in [6, 6.07) is 6.62. The summed E-state index contributed by atoms with van der Waals surface area (Å²) < 4.78 is 20.2. The van der Waals surface area contributed by atoms with Crippen LogP contribution in [0.5, 0.6) is 0 Å². The van der Waals surface area contributed by atoms with Gasteiger partial charge in [0.1, 0.15) is 5.82 Å². The van der Waals surface area contributed by atoms with Gasteiger partial charge in [-0.25, -0.2) is 9.37 Å². The Labute approximate surface area is 223 Å². The lowest BCUT2D eigenvalue weighted by Crippen LogP contribution is -2.30. The SMILES string of the molecule is C=CC(=O)N1CC[C@@H](Nc2n[nH]c3nccc(-c4ccc(CNC(=O)c5nc(C(C)(C)C)no5)c(F)c4)c23)C1. The number of halogens is 1. The summed E-state index contributed by atoms with van der Waals surface area (Å²) in [4.78, 5) is 34.6. The lowest BCUT2D eigenvalue weighted by Gasteiger charge is -2.15. The van der Waals surface area contributed by atoms with Crippen LogP contribution >= 0.6 is 0 Å². The van der Waals surface area contributed by atoms with Crippen molar-refractivity contribution in [3.05, 3.63) is 66.2 Å². The minimum absolute atomic E-state index is 0.00880. The summed E-state index contributed by atoms with van der Waals surface area (Å²) in [5.41, 5.74) is 1.85. The van der Waals surface area contributed by atoms with Gasteiger partial charge < -0.3 is 20.1 Å². The van der Waals surface area contributed by atoms with Crippen LogP contribution < -0.4 is 10.6 Å². The Kier molecular flexibility index (Phi) is 6.85. The molecule has 1 aromatic carbocycles. The normalized spacial score (nSPS) is 15.5. The highest BCUT2D eigenvalue weighted by Crippen LogP contribution is 2.33. The number of carbonyl (C=O) groups is 2. The Morgan fingerprint density at radius 3 is 2.85 bits per heavy atom. The molecule has 5 rings (SSSR count). The van der Waals surface area contributed by atoms with Crippen LogP contribution in [0, 0.1) is 5.82 Å². The van der Waals surface area contributed by atoms with E-state index in [1.165, 1.54) is 12.1 Å². The van der Waals surface area contributed by atoms with Crippen LogP contribution in [0.1, 0.15) is 49.3 Å². The highest BCUT2D eigenvalue weighted by atomic mass is 19.1. The zero-order chi connectivity index (χ0) is 27.7. The fourth-order valence-electron chi connectivity index (χ4n) is 4.43. The second kappa shape index (κ2) is 10.3. The minimum Gasteiger partial charge on any atom is -0.363 e. The van der Waals surface area contributed by atoms with Gasteiger partial charge in [0.25, 0.3) is 0 Å². The largest absolute Gasteiger partial charge is 0.363 e. The molecule has 12 heteroatoms. The van der Waals surface area contributed by atoms with E-state index in [1.807, 2.05) is 20.8 Å². The van der Waals surface area contributed by atoms with Gasteiger partial charge in [0.15, 0.2) is 17.3 Å². The van der Waals surface area contributed by atoms with Gasteiger partial charge in [-0.2, -0.15) is 10.1 Å². The number of rotatable bonds is 7. The number of carbonyl (C=O) groups excluding carboxylic acids is 2. The molecule has 0 aliphatic carbocycles. The first kappa shape index (κ1) is 26.0. The summed E-state index contributed by atoms with van der Waals surface area (Å²) in [6.45, 7) is 10.4. The monoisotopic (exact) mass is 532 g/mol. The molecule has 0 saturated carbocycles. The van der Waals surface area contributed by atoms with E-state index < -0.39 is 11.7 Å². The maximum Gasteiger partial charge on any atom is 0.315 e. The first-order valence-electron chi connectivity index (χ1n) is 12.6. The fourth-order valence-corrected chi connectivity index (χ4v) is 4.43. The predicted octanol–water partition coefficient (Wildman–Crippen LogP) is 3.57. The van der Waals surface area contributed by atoms with Gasteiger partial charge in [0.05, 0.1) is 5.39 Å². The molecule has 39 heavy (non-hydrogen) atoms. The number of pyridine rings is 1. The quantitative estimate of drug-likeness (QED) is 0.307. The molecule has 3 N–H and O–H groups in total. The van der Waals surface area contributed by atoms with Crippen molar-refractivity contribution in [1.82, 2.24) is 35.5 Å². The van der Waals surface area contributed by atoms with Crippen LogP contribution in [0.3, 0.4) is 0 Å². The van der Waals surface area contributed by atoms with E-state index in [0.29, 0.717) is 41.5 Å². The molecule has 4 heterocycles. The topological polar surface area (TPSA) is 142 Å². The number of amides is 2. The van der Waals surface area contributed by atoms with Gasteiger partial charge >= 0.3 is 11.8 Å². The number of hydrogen-bond acceptors (Lipinski definition) is 8. The number of H-pyrrole nitrogens is 1. The van der Waals surface area contributed by atoms with E-state index >= 15 is 4.39 Å². The van der Waals surface area contributed by atoms with Crippen LogP contribution in [0.15, 0.2) is 47.6 Å². The number of nitrogens with zero attached hydrogens (tertiary/aromatic N) is 5. The lowest BCUT2D eigenvalue weighted by atomic mass is 9.96. The number of nitrogens with one attached hydrogen (secondary N) is 3. The summed E-state index contributed by atoms with van der Waals surface area (Å²) in [6.07, 6.45) is 3.70. The Hall–Kier alpha value is -4.61. The van der Waals surface area contributed by atoms with Crippen LogP contribution in [0.4, 0.5) is 10.2 Å². The van der Waals surface area contributed by atoms with Crippen LogP contribution in [-0.4, -0.2) is 61.2 Å². The highest BCUT2D eigenvalue weighted by Gasteiger charge is 2.27. The van der Waals surface area contributed by atoms with E-state index in [0.717, 1.165) is 17.4 Å². The molecule has 1 aliphatic rings. The molecule has 1 saturated heterocycles. The third-order valence-corrected chi connectivity index (χ3v) is 6.57. The number of anilines is 1. The Morgan fingerprint density at radius 1 is 1.31 bits per heavy atom. The predicted molar refractivity (Wildman–Crippen MR) is 142 cm³/mol. The second-order valence-electron chi connectivity index (χ2n) is 10.4. The first-order valence-corrected chi connectivity index (χ1v) is 12.6. The van der Waals surface area contributed by atoms with Crippen molar-refractivity contribution in [2.24, 2.45) is 0 Å². The van der Waals surface area contributed by atoms with Gasteiger partial charge in [-0.15, -0.1) is 0 Å². The van der Waals surface area contributed by atoms with Gasteiger partial charge in [-0.05, 0) is 35.8 Å². The number of hydrogen-bond donors (Lipinski definition) is 3. The molecular weight excluding hydrogens is 503 g/mol. The number of aromatic amines is 1. The van der Waals surface area contributed by atoms with Gasteiger partial charge in [-0.1, -0.05) is 44.6 Å². The molecule has 11 nitrogen and oxygen atoms in total. The summed E-state index contributed by atoms with van der Waals surface area (Å²) in [5.74, 6) is -0.340. The molecule has 0 radical (unpaired) electrons. The molecule has 0 spiro atoms. The molecular formula is C27H29FN8O3. The average molecular weight is 533 g/mol. The second-order valence-corrected chi connectivity index (χ2v) is 10.4. The van der Waals surface area contributed by atoms with E-state index in [4.69, 9.17) is 4.52 Å². The van der Waals surface area contributed by atoms with Crippen molar-refractivity contribution in [3.63, 3.8) is 0 Å². The third-order valence-electron chi connectivity index (χ3n) is 6.57. The van der Waals surface area contributed by atoms with Gasteiger partial charge in [0, 0.05) is 42.9 Å². The minimum atomic E-state index is -0.577. The number of aromatic nitrogens is 5. The van der Waals surface area contributed by atoms with Crippen molar-refractivity contribution in [2.45, 2.75) is 45.2 Å². The maximum atomic E-state index is 15.2. The zero-order valence-electron chi connectivity index (χ0n) is 21.9. The van der Waals surface area contributed by atoms with Crippen molar-refractivity contribution in [2.75, 3.05) is 18.4 Å². The van der Waals surface area contributed by atoms with Crippen molar-refractivity contribution in [1.29, 1.82) is 0 Å². The summed E-state index contributed by atoms with van der Waals surface area (Å²) >= 11 is 0. The van der Waals surface area contributed by atoms with Crippen molar-refractivity contribution >= 4 is 28.7 Å². The molecule has 202 valence electrons. The third kappa shape index (κ3) is 5.35. The number of likely N-dealkylation sites (tertiary alicyclic amines) is 1. The lowest BCUT2D eigenvalue weighted by molar-refractivity contribution is -0.125. The van der Waals surface area contributed by atoms with Crippen LogP contribution in [0.2, 0.25) is 0 Å².